The van der Waals surface area contributed by atoms with Crippen LogP contribution in [0.25, 0.3) is 22.3 Å². The van der Waals surface area contributed by atoms with Gasteiger partial charge in [-0.25, -0.2) is 9.97 Å². The molecule has 1 aliphatic heterocycles. The Morgan fingerprint density at radius 1 is 0.917 bits per heavy atom. The highest BCUT2D eigenvalue weighted by Crippen LogP contribution is 2.28. The lowest BCUT2D eigenvalue weighted by Crippen LogP contribution is -2.50. The van der Waals surface area contributed by atoms with Gasteiger partial charge in [-0.05, 0) is 50.1 Å². The minimum Gasteiger partial charge on any atom is -0.483 e. The van der Waals surface area contributed by atoms with E-state index in [4.69, 9.17) is 15.5 Å². The number of carbonyl (C=O) groups excluding carboxylic acids is 1. The zero-order valence-corrected chi connectivity index (χ0v) is 20.9. The fraction of sp³-hybridized carbons (Fsp3) is 0.286. The molecule has 0 saturated carbocycles. The summed E-state index contributed by atoms with van der Waals surface area (Å²) in [5, 5.41) is 0. The summed E-state index contributed by atoms with van der Waals surface area (Å²) in [7, 11) is 0. The normalized spacial score (nSPS) is 13.8. The molecule has 3 heterocycles. The lowest BCUT2D eigenvalue weighted by atomic mass is 10.1. The molecule has 1 fully saturated rings. The third-order valence-corrected chi connectivity index (χ3v) is 6.73. The average Bonchev–Trinajstić information content (AvgIpc) is 2.89. The van der Waals surface area contributed by atoms with Gasteiger partial charge >= 0.3 is 0 Å². The van der Waals surface area contributed by atoms with E-state index in [-0.39, 0.29) is 18.5 Å². The number of amides is 1. The second-order valence-corrected chi connectivity index (χ2v) is 9.19. The Kier molecular flexibility index (Phi) is 6.41. The molecule has 0 aliphatic carbocycles. The number of nitrogen functional groups attached to an aromatic ring is 1. The van der Waals surface area contributed by atoms with E-state index < -0.39 is 0 Å². The van der Waals surface area contributed by atoms with Crippen LogP contribution in [0.3, 0.4) is 0 Å². The highest BCUT2D eigenvalue weighted by atomic mass is 16.5. The minimum absolute atomic E-state index is 0.0230. The molecule has 8 heteroatoms. The van der Waals surface area contributed by atoms with Crippen molar-refractivity contribution >= 4 is 28.7 Å². The van der Waals surface area contributed by atoms with Gasteiger partial charge in [-0.15, -0.1) is 0 Å². The van der Waals surface area contributed by atoms with E-state index in [9.17, 15) is 4.79 Å². The maximum Gasteiger partial charge on any atom is 0.260 e. The van der Waals surface area contributed by atoms with Crippen molar-refractivity contribution in [3.8, 4) is 17.0 Å². The molecule has 36 heavy (non-hydrogen) atoms. The molecular weight excluding hydrogens is 452 g/mol. The molecule has 0 radical (unpaired) electrons. The van der Waals surface area contributed by atoms with Crippen molar-refractivity contribution in [2.75, 3.05) is 43.4 Å². The van der Waals surface area contributed by atoms with Gasteiger partial charge in [0, 0.05) is 31.7 Å². The Balaban J connectivity index is 1.31. The molecule has 2 aromatic heterocycles. The van der Waals surface area contributed by atoms with Crippen LogP contribution in [0.1, 0.15) is 16.7 Å². The Hall–Kier alpha value is -4.20. The van der Waals surface area contributed by atoms with Gasteiger partial charge in [0.2, 0.25) is 5.95 Å². The number of piperazine rings is 1. The van der Waals surface area contributed by atoms with E-state index in [0.29, 0.717) is 43.0 Å². The average molecular weight is 483 g/mol. The summed E-state index contributed by atoms with van der Waals surface area (Å²) < 4.78 is 5.83. The van der Waals surface area contributed by atoms with Gasteiger partial charge in [0.15, 0.2) is 12.4 Å². The second kappa shape index (κ2) is 9.81. The van der Waals surface area contributed by atoms with Crippen molar-refractivity contribution in [3.63, 3.8) is 0 Å². The Morgan fingerprint density at radius 2 is 1.67 bits per heavy atom. The number of nitrogens with zero attached hydrogens (tertiary/aromatic N) is 5. The molecule has 5 rings (SSSR count). The smallest absolute Gasteiger partial charge is 0.260 e. The van der Waals surface area contributed by atoms with Crippen molar-refractivity contribution in [2.45, 2.75) is 20.8 Å². The van der Waals surface area contributed by atoms with Crippen LogP contribution in [0.2, 0.25) is 0 Å². The first kappa shape index (κ1) is 23.5. The molecule has 0 unspecified atom stereocenters. The molecule has 184 valence electrons. The molecule has 0 atom stereocenters. The van der Waals surface area contributed by atoms with Crippen LogP contribution >= 0.6 is 0 Å². The third kappa shape index (κ3) is 4.79. The summed E-state index contributed by atoms with van der Waals surface area (Å²) in [4.78, 5) is 30.6. The maximum atomic E-state index is 12.8. The first-order chi connectivity index (χ1) is 17.4. The van der Waals surface area contributed by atoms with Crippen LogP contribution in [-0.4, -0.2) is 58.5 Å². The van der Waals surface area contributed by atoms with E-state index in [1.807, 2.05) is 49.1 Å². The summed E-state index contributed by atoms with van der Waals surface area (Å²) in [6, 6.07) is 18.0. The van der Waals surface area contributed by atoms with E-state index in [0.717, 1.165) is 28.1 Å². The molecule has 1 aliphatic rings. The van der Waals surface area contributed by atoms with Gasteiger partial charge in [0.05, 0.1) is 11.2 Å². The highest BCUT2D eigenvalue weighted by molar-refractivity contribution is 5.89. The van der Waals surface area contributed by atoms with Crippen molar-refractivity contribution in [1.29, 1.82) is 0 Å². The van der Waals surface area contributed by atoms with Crippen molar-refractivity contribution in [3.05, 3.63) is 71.3 Å². The van der Waals surface area contributed by atoms with E-state index in [1.165, 1.54) is 5.56 Å². The number of fused-ring (bicyclic) bond motifs is 1. The topological polar surface area (TPSA) is 97.5 Å². The summed E-state index contributed by atoms with van der Waals surface area (Å²) in [5.41, 5.74) is 12.7. The number of benzene rings is 2. The van der Waals surface area contributed by atoms with Crippen LogP contribution in [0.15, 0.2) is 54.6 Å². The summed E-state index contributed by atoms with van der Waals surface area (Å²) in [6.07, 6.45) is 0. The van der Waals surface area contributed by atoms with Crippen LogP contribution in [0, 0.1) is 20.8 Å². The molecule has 8 nitrogen and oxygen atoms in total. The Labute approximate surface area is 210 Å². The predicted octanol–water partition coefficient (Wildman–Crippen LogP) is 3.93. The summed E-state index contributed by atoms with van der Waals surface area (Å²) >= 11 is 0. The van der Waals surface area contributed by atoms with E-state index >= 15 is 0 Å². The lowest BCUT2D eigenvalue weighted by molar-refractivity contribution is -0.133. The van der Waals surface area contributed by atoms with Gasteiger partial charge in [-0.2, -0.15) is 4.98 Å². The standard InChI is InChI=1S/C28H30N6O2/c1-18-7-9-21(10-8-18)22-11-12-23-26(30-22)27(32-28(29)31-23)34-15-13-33(14-16-34)25(35)17-36-24-6-4-5-19(2)20(24)3/h4-12H,13-17H2,1-3H3,(H2,29,31,32). The van der Waals surface area contributed by atoms with Crippen molar-refractivity contribution < 1.29 is 9.53 Å². The number of anilines is 2. The number of nitrogens with two attached hydrogens (primary N) is 1. The predicted molar refractivity (Wildman–Crippen MR) is 142 cm³/mol. The molecule has 1 amide bonds. The minimum atomic E-state index is -0.0256. The van der Waals surface area contributed by atoms with Gasteiger partial charge in [0.25, 0.3) is 5.91 Å². The van der Waals surface area contributed by atoms with Crippen LogP contribution in [0.5, 0.6) is 5.75 Å². The molecule has 1 saturated heterocycles. The SMILES string of the molecule is Cc1ccc(-c2ccc3nc(N)nc(N4CCN(C(=O)COc5cccc(C)c5C)CC4)c3n2)cc1. The highest BCUT2D eigenvalue weighted by Gasteiger charge is 2.25. The number of hydrogen-bond acceptors (Lipinski definition) is 7. The van der Waals surface area contributed by atoms with E-state index in [1.54, 1.807) is 0 Å². The fourth-order valence-corrected chi connectivity index (χ4v) is 4.40. The van der Waals surface area contributed by atoms with E-state index in [2.05, 4.69) is 46.1 Å². The van der Waals surface area contributed by atoms with Crippen LogP contribution < -0.4 is 15.4 Å². The zero-order valence-electron chi connectivity index (χ0n) is 20.9. The lowest BCUT2D eigenvalue weighted by Gasteiger charge is -2.35. The molecule has 0 bridgehead atoms. The maximum absolute atomic E-state index is 12.8. The molecule has 4 aromatic rings. The van der Waals surface area contributed by atoms with Crippen molar-refractivity contribution in [1.82, 2.24) is 19.9 Å². The molecule has 2 aromatic carbocycles. The van der Waals surface area contributed by atoms with Gasteiger partial charge in [0.1, 0.15) is 11.3 Å². The second-order valence-electron chi connectivity index (χ2n) is 9.19. The number of rotatable bonds is 5. The first-order valence-electron chi connectivity index (χ1n) is 12.1. The van der Waals surface area contributed by atoms with Gasteiger partial charge in [-0.3, -0.25) is 4.79 Å². The van der Waals surface area contributed by atoms with Crippen LogP contribution in [-0.2, 0) is 4.79 Å². The molecule has 0 spiro atoms. The number of aromatic nitrogens is 3. The number of pyridine rings is 1. The first-order valence-corrected chi connectivity index (χ1v) is 12.1. The number of hydrogen-bond donors (Lipinski definition) is 1. The molecular formula is C28H30N6O2. The van der Waals surface area contributed by atoms with Gasteiger partial charge in [-0.1, -0.05) is 42.0 Å². The zero-order chi connectivity index (χ0) is 25.2. The van der Waals surface area contributed by atoms with Gasteiger partial charge < -0.3 is 20.3 Å². The fourth-order valence-electron chi connectivity index (χ4n) is 4.40. The summed E-state index contributed by atoms with van der Waals surface area (Å²) in [5.74, 6) is 1.63. The number of ether oxygens (including phenoxy) is 1. The monoisotopic (exact) mass is 482 g/mol. The van der Waals surface area contributed by atoms with Crippen LogP contribution in [0.4, 0.5) is 11.8 Å². The molecule has 2 N–H and O–H groups in total. The number of aryl methyl sites for hydroxylation is 2. The quantitative estimate of drug-likeness (QED) is 0.460. The Bertz CT molecular complexity index is 1410. The number of carbonyl (C=O) groups is 1. The van der Waals surface area contributed by atoms with Crippen molar-refractivity contribution in [2.24, 2.45) is 0 Å². The largest absolute Gasteiger partial charge is 0.483 e. The Morgan fingerprint density at radius 3 is 2.42 bits per heavy atom. The third-order valence-electron chi connectivity index (χ3n) is 6.73. The summed E-state index contributed by atoms with van der Waals surface area (Å²) in [6.45, 7) is 8.50.